The van der Waals surface area contributed by atoms with Crippen molar-refractivity contribution in [3.05, 3.63) is 24.3 Å². The summed E-state index contributed by atoms with van der Waals surface area (Å²) in [6, 6.07) is 7.51. The lowest BCUT2D eigenvalue weighted by Crippen LogP contribution is -2.29. The fourth-order valence-electron chi connectivity index (χ4n) is 1.80. The topological polar surface area (TPSA) is 50.4 Å². The second-order valence-electron chi connectivity index (χ2n) is 5.00. The van der Waals surface area contributed by atoms with E-state index < -0.39 is 0 Å². The predicted molar refractivity (Wildman–Crippen MR) is 76.5 cm³/mol. The molecule has 0 saturated heterocycles. The zero-order chi connectivity index (χ0) is 13.5. The van der Waals surface area contributed by atoms with Gasteiger partial charge in [0.25, 0.3) is 0 Å². The Balaban J connectivity index is 1.74. The van der Waals surface area contributed by atoms with Crippen LogP contribution in [-0.2, 0) is 4.79 Å². The van der Waals surface area contributed by atoms with Crippen LogP contribution >= 0.6 is 0 Å². The maximum atomic E-state index is 11.7. The van der Waals surface area contributed by atoms with Crippen molar-refractivity contribution in [2.75, 3.05) is 25.0 Å². The molecule has 1 aromatic rings. The Hall–Kier alpha value is -1.55. The Morgan fingerprint density at radius 3 is 3.00 bits per heavy atom. The second-order valence-corrected chi connectivity index (χ2v) is 5.00. The molecule has 0 unspecified atom stereocenters. The van der Waals surface area contributed by atoms with Gasteiger partial charge in [0.05, 0.1) is 13.2 Å². The molecule has 2 rings (SSSR count). The van der Waals surface area contributed by atoms with Gasteiger partial charge in [-0.05, 0) is 43.9 Å². The first-order valence-corrected chi connectivity index (χ1v) is 7.01. The van der Waals surface area contributed by atoms with Crippen molar-refractivity contribution in [3.63, 3.8) is 0 Å². The van der Waals surface area contributed by atoms with Gasteiger partial charge in [0.15, 0.2) is 0 Å². The third kappa shape index (κ3) is 5.30. The fraction of sp³-hybridized carbons (Fsp3) is 0.533. The van der Waals surface area contributed by atoms with E-state index >= 15 is 0 Å². The number of amides is 1. The van der Waals surface area contributed by atoms with Crippen LogP contribution in [0, 0.1) is 5.92 Å². The monoisotopic (exact) mass is 262 g/mol. The second kappa shape index (κ2) is 7.14. The minimum atomic E-state index is -0.00621. The standard InChI is InChI=1S/C15H22N2O2/c1-2-8-19-14-5-3-4-13(9-14)17-15(18)11-16-10-12-6-7-12/h3-5,9,12,16H,2,6-8,10-11H2,1H3,(H,17,18). The number of ether oxygens (including phenoxy) is 1. The summed E-state index contributed by atoms with van der Waals surface area (Å²) in [5, 5.41) is 6.04. The molecule has 0 atom stereocenters. The zero-order valence-electron chi connectivity index (χ0n) is 11.4. The van der Waals surface area contributed by atoms with Crippen molar-refractivity contribution < 1.29 is 9.53 Å². The van der Waals surface area contributed by atoms with Crippen molar-refractivity contribution in [2.24, 2.45) is 5.92 Å². The quantitative estimate of drug-likeness (QED) is 0.756. The van der Waals surface area contributed by atoms with Gasteiger partial charge < -0.3 is 15.4 Å². The van der Waals surface area contributed by atoms with Crippen LogP contribution < -0.4 is 15.4 Å². The van der Waals surface area contributed by atoms with Crippen molar-refractivity contribution in [2.45, 2.75) is 26.2 Å². The van der Waals surface area contributed by atoms with Crippen molar-refractivity contribution in [1.82, 2.24) is 5.32 Å². The van der Waals surface area contributed by atoms with E-state index in [1.165, 1.54) is 12.8 Å². The SMILES string of the molecule is CCCOc1cccc(NC(=O)CNCC2CC2)c1. The summed E-state index contributed by atoms with van der Waals surface area (Å²) >= 11 is 0. The Bertz CT molecular complexity index is 416. The van der Waals surface area contributed by atoms with E-state index in [0.29, 0.717) is 13.2 Å². The number of anilines is 1. The Labute approximate surface area is 114 Å². The number of rotatable bonds is 8. The molecule has 1 saturated carbocycles. The smallest absolute Gasteiger partial charge is 0.238 e. The minimum absolute atomic E-state index is 0.00621. The summed E-state index contributed by atoms with van der Waals surface area (Å²) in [5.41, 5.74) is 0.784. The van der Waals surface area contributed by atoms with Gasteiger partial charge in [-0.25, -0.2) is 0 Å². The molecule has 0 aromatic heterocycles. The zero-order valence-corrected chi connectivity index (χ0v) is 11.4. The highest BCUT2D eigenvalue weighted by molar-refractivity contribution is 5.92. The Kier molecular flexibility index (Phi) is 5.21. The van der Waals surface area contributed by atoms with E-state index in [9.17, 15) is 4.79 Å². The molecular weight excluding hydrogens is 240 g/mol. The lowest BCUT2D eigenvalue weighted by atomic mass is 10.3. The highest BCUT2D eigenvalue weighted by Gasteiger charge is 2.20. The molecule has 4 heteroatoms. The van der Waals surface area contributed by atoms with Crippen LogP contribution in [-0.4, -0.2) is 25.6 Å². The average Bonchev–Trinajstić information content (AvgIpc) is 3.21. The number of nitrogens with one attached hydrogen (secondary N) is 2. The fourth-order valence-corrected chi connectivity index (χ4v) is 1.80. The van der Waals surface area contributed by atoms with Gasteiger partial charge in [0.2, 0.25) is 5.91 Å². The number of benzene rings is 1. The van der Waals surface area contributed by atoms with Gasteiger partial charge in [0, 0.05) is 11.8 Å². The summed E-state index contributed by atoms with van der Waals surface area (Å²) in [7, 11) is 0. The van der Waals surface area contributed by atoms with Crippen molar-refractivity contribution >= 4 is 11.6 Å². The number of carbonyl (C=O) groups excluding carboxylic acids is 1. The first kappa shape index (κ1) is 13.9. The molecular formula is C15H22N2O2. The Morgan fingerprint density at radius 2 is 2.26 bits per heavy atom. The molecule has 1 aliphatic rings. The van der Waals surface area contributed by atoms with E-state index in [1.807, 2.05) is 24.3 Å². The first-order chi connectivity index (χ1) is 9.28. The molecule has 0 bridgehead atoms. The third-order valence-corrected chi connectivity index (χ3v) is 3.01. The normalized spacial score (nSPS) is 14.2. The van der Waals surface area contributed by atoms with E-state index in [2.05, 4.69) is 17.6 Å². The number of hydrogen-bond acceptors (Lipinski definition) is 3. The highest BCUT2D eigenvalue weighted by atomic mass is 16.5. The minimum Gasteiger partial charge on any atom is -0.494 e. The van der Waals surface area contributed by atoms with Gasteiger partial charge in [0.1, 0.15) is 5.75 Å². The maximum Gasteiger partial charge on any atom is 0.238 e. The van der Waals surface area contributed by atoms with Gasteiger partial charge in [-0.3, -0.25) is 4.79 Å². The van der Waals surface area contributed by atoms with Gasteiger partial charge in [-0.15, -0.1) is 0 Å². The molecule has 0 spiro atoms. The largest absolute Gasteiger partial charge is 0.494 e. The van der Waals surface area contributed by atoms with Crippen LogP contribution in [0.25, 0.3) is 0 Å². The molecule has 2 N–H and O–H groups in total. The summed E-state index contributed by atoms with van der Waals surface area (Å²) in [6.07, 6.45) is 3.57. The van der Waals surface area contributed by atoms with Gasteiger partial charge >= 0.3 is 0 Å². The predicted octanol–water partition coefficient (Wildman–Crippen LogP) is 2.41. The number of carbonyl (C=O) groups is 1. The summed E-state index contributed by atoms with van der Waals surface area (Å²) < 4.78 is 5.53. The van der Waals surface area contributed by atoms with Crippen LogP contribution in [0.5, 0.6) is 5.75 Å². The first-order valence-electron chi connectivity index (χ1n) is 7.01. The molecule has 0 heterocycles. The summed E-state index contributed by atoms with van der Waals surface area (Å²) in [5.74, 6) is 1.58. The lowest BCUT2D eigenvalue weighted by Gasteiger charge is -2.09. The summed E-state index contributed by atoms with van der Waals surface area (Å²) in [6.45, 7) is 4.08. The third-order valence-electron chi connectivity index (χ3n) is 3.01. The van der Waals surface area contributed by atoms with Crippen LogP contribution in [0.15, 0.2) is 24.3 Å². The van der Waals surface area contributed by atoms with Crippen LogP contribution in [0.4, 0.5) is 5.69 Å². The van der Waals surface area contributed by atoms with Gasteiger partial charge in [-0.2, -0.15) is 0 Å². The van der Waals surface area contributed by atoms with Crippen LogP contribution in [0.2, 0.25) is 0 Å². The van der Waals surface area contributed by atoms with E-state index in [-0.39, 0.29) is 5.91 Å². The molecule has 19 heavy (non-hydrogen) atoms. The van der Waals surface area contributed by atoms with Gasteiger partial charge in [-0.1, -0.05) is 13.0 Å². The average molecular weight is 262 g/mol. The molecule has 4 nitrogen and oxygen atoms in total. The van der Waals surface area contributed by atoms with E-state index in [1.54, 1.807) is 0 Å². The molecule has 1 amide bonds. The van der Waals surface area contributed by atoms with E-state index in [0.717, 1.165) is 30.3 Å². The lowest BCUT2D eigenvalue weighted by molar-refractivity contribution is -0.115. The molecule has 1 aliphatic carbocycles. The summed E-state index contributed by atoms with van der Waals surface area (Å²) in [4.78, 5) is 11.7. The molecule has 1 fully saturated rings. The molecule has 1 aromatic carbocycles. The van der Waals surface area contributed by atoms with Crippen LogP contribution in [0.1, 0.15) is 26.2 Å². The highest BCUT2D eigenvalue weighted by Crippen LogP contribution is 2.27. The molecule has 0 radical (unpaired) electrons. The van der Waals surface area contributed by atoms with Crippen molar-refractivity contribution in [3.8, 4) is 5.75 Å². The number of hydrogen-bond donors (Lipinski definition) is 2. The molecule has 0 aliphatic heterocycles. The van der Waals surface area contributed by atoms with Crippen LogP contribution in [0.3, 0.4) is 0 Å². The molecule has 104 valence electrons. The van der Waals surface area contributed by atoms with Crippen molar-refractivity contribution in [1.29, 1.82) is 0 Å². The maximum absolute atomic E-state index is 11.7. The Morgan fingerprint density at radius 1 is 1.42 bits per heavy atom. The van der Waals surface area contributed by atoms with E-state index in [4.69, 9.17) is 4.74 Å².